The van der Waals surface area contributed by atoms with Gasteiger partial charge in [-0.2, -0.15) is 0 Å². The van der Waals surface area contributed by atoms with Crippen molar-refractivity contribution in [3.05, 3.63) is 101 Å². The van der Waals surface area contributed by atoms with Crippen LogP contribution in [0.15, 0.2) is 78.9 Å². The number of carbonyl (C=O) groups is 2. The molecule has 6 heteroatoms. The fraction of sp³-hybridized carbons (Fsp3) is 0.167. The van der Waals surface area contributed by atoms with E-state index in [1.54, 1.807) is 31.4 Å². The highest BCUT2D eigenvalue weighted by Gasteiger charge is 2.15. The predicted octanol–water partition coefficient (Wildman–Crippen LogP) is 3.14. The molecule has 3 N–H and O–H groups in total. The van der Waals surface area contributed by atoms with Gasteiger partial charge in [0.25, 0.3) is 11.8 Å². The van der Waals surface area contributed by atoms with E-state index < -0.39 is 5.91 Å². The Bertz CT molecular complexity index is 971. The average Bonchev–Trinajstić information content (AvgIpc) is 2.79. The first-order valence-electron chi connectivity index (χ1n) is 9.65. The van der Waals surface area contributed by atoms with E-state index in [2.05, 4.69) is 16.2 Å². The van der Waals surface area contributed by atoms with Crippen LogP contribution in [0.1, 0.15) is 33.1 Å². The maximum atomic E-state index is 12.3. The minimum Gasteiger partial charge on any atom is -0.497 e. The summed E-state index contributed by atoms with van der Waals surface area (Å²) in [6.45, 7) is 2.07. The number of rotatable bonds is 7. The van der Waals surface area contributed by atoms with Crippen molar-refractivity contribution in [3.63, 3.8) is 0 Å². The molecule has 0 saturated carbocycles. The third kappa shape index (κ3) is 5.68. The highest BCUT2D eigenvalue weighted by atomic mass is 16.5. The normalized spacial score (nSPS) is 11.4. The first-order valence-corrected chi connectivity index (χ1v) is 9.65. The van der Waals surface area contributed by atoms with Crippen LogP contribution in [0.3, 0.4) is 0 Å². The quantitative estimate of drug-likeness (QED) is 0.530. The summed E-state index contributed by atoms with van der Waals surface area (Å²) in [7, 11) is 1.56. The molecule has 0 saturated heterocycles. The van der Waals surface area contributed by atoms with Gasteiger partial charge in [-0.1, -0.05) is 60.2 Å². The monoisotopic (exact) mass is 403 g/mol. The number of hydrogen-bond donors (Lipinski definition) is 3. The van der Waals surface area contributed by atoms with Crippen LogP contribution in [0, 0.1) is 6.92 Å². The molecular formula is C24H25N3O3. The van der Waals surface area contributed by atoms with Crippen molar-refractivity contribution in [2.75, 3.05) is 13.7 Å². The van der Waals surface area contributed by atoms with E-state index in [0.29, 0.717) is 11.3 Å². The molecule has 0 heterocycles. The minimum atomic E-state index is -0.399. The Morgan fingerprint density at radius 2 is 1.47 bits per heavy atom. The lowest BCUT2D eigenvalue weighted by molar-refractivity contribution is -0.121. The first kappa shape index (κ1) is 21.1. The first-order chi connectivity index (χ1) is 14.6. The lowest BCUT2D eigenvalue weighted by Crippen LogP contribution is -2.46. The molecule has 0 aliphatic heterocycles. The van der Waals surface area contributed by atoms with Crippen LogP contribution >= 0.6 is 0 Å². The van der Waals surface area contributed by atoms with Gasteiger partial charge in [-0.05, 0) is 42.3 Å². The number of aryl methyl sites for hydroxylation is 1. The van der Waals surface area contributed by atoms with E-state index in [4.69, 9.17) is 4.74 Å². The Morgan fingerprint density at radius 1 is 0.833 bits per heavy atom. The van der Waals surface area contributed by atoms with E-state index in [1.807, 2.05) is 61.5 Å². The molecule has 0 fully saturated rings. The number of carbonyl (C=O) groups excluding carboxylic acids is 2. The van der Waals surface area contributed by atoms with Crippen LogP contribution in [0.5, 0.6) is 5.75 Å². The summed E-state index contributed by atoms with van der Waals surface area (Å²) < 4.78 is 5.07. The third-order valence-electron chi connectivity index (χ3n) is 4.68. The highest BCUT2D eigenvalue weighted by molar-refractivity contribution is 5.95. The fourth-order valence-corrected chi connectivity index (χ4v) is 3.01. The second-order valence-electron chi connectivity index (χ2n) is 6.87. The van der Waals surface area contributed by atoms with Gasteiger partial charge in [0.2, 0.25) is 0 Å². The fourth-order valence-electron chi connectivity index (χ4n) is 3.01. The van der Waals surface area contributed by atoms with Crippen LogP contribution in [-0.2, 0) is 4.79 Å². The number of benzene rings is 3. The van der Waals surface area contributed by atoms with Crippen molar-refractivity contribution >= 4 is 11.8 Å². The molecule has 3 aromatic rings. The highest BCUT2D eigenvalue weighted by Crippen LogP contribution is 2.22. The van der Waals surface area contributed by atoms with Gasteiger partial charge in [0, 0.05) is 5.56 Å². The molecule has 2 amide bonds. The van der Waals surface area contributed by atoms with Gasteiger partial charge in [0.1, 0.15) is 5.75 Å². The van der Waals surface area contributed by atoms with Crippen LogP contribution in [0.4, 0.5) is 0 Å². The summed E-state index contributed by atoms with van der Waals surface area (Å²) in [5.74, 6) is -0.0862. The molecule has 30 heavy (non-hydrogen) atoms. The van der Waals surface area contributed by atoms with Crippen molar-refractivity contribution < 1.29 is 14.3 Å². The Kier molecular flexibility index (Phi) is 7.19. The number of methoxy groups -OCH3 is 1. The van der Waals surface area contributed by atoms with Gasteiger partial charge in [0.15, 0.2) is 0 Å². The van der Waals surface area contributed by atoms with Gasteiger partial charge in [-0.15, -0.1) is 0 Å². The summed E-state index contributed by atoms with van der Waals surface area (Å²) in [5, 5.41) is 3.27. The molecule has 0 unspecified atom stereocenters. The maximum Gasteiger partial charge on any atom is 0.269 e. The summed E-state index contributed by atoms with van der Waals surface area (Å²) >= 11 is 0. The molecule has 0 aliphatic carbocycles. The Labute approximate surface area is 176 Å². The van der Waals surface area contributed by atoms with E-state index >= 15 is 0 Å². The van der Waals surface area contributed by atoms with E-state index in [9.17, 15) is 9.59 Å². The summed E-state index contributed by atoms with van der Waals surface area (Å²) in [6, 6.07) is 24.6. The zero-order valence-electron chi connectivity index (χ0n) is 17.0. The van der Waals surface area contributed by atoms with Crippen molar-refractivity contribution in [1.82, 2.24) is 16.2 Å². The molecule has 0 aromatic heterocycles. The zero-order valence-corrected chi connectivity index (χ0v) is 17.0. The second-order valence-corrected chi connectivity index (χ2v) is 6.87. The standard InChI is InChI=1S/C24H25N3O3/c1-17-8-10-19(11-9-17)23(18-6-4-3-5-7-18)25-16-22(28)26-27-24(29)20-12-14-21(30-2)15-13-20/h3-15,23,25H,16H2,1-2H3,(H,26,28)(H,27,29)/t23-/m0/s1. The van der Waals surface area contributed by atoms with Gasteiger partial charge in [0.05, 0.1) is 19.7 Å². The second kappa shape index (κ2) is 10.2. The van der Waals surface area contributed by atoms with E-state index in [-0.39, 0.29) is 18.5 Å². The topological polar surface area (TPSA) is 79.5 Å². The van der Waals surface area contributed by atoms with E-state index in [1.165, 1.54) is 5.56 Å². The lowest BCUT2D eigenvalue weighted by Gasteiger charge is -2.20. The number of hydrogen-bond acceptors (Lipinski definition) is 4. The Balaban J connectivity index is 1.58. The Hall–Kier alpha value is -3.64. The molecular weight excluding hydrogens is 378 g/mol. The minimum absolute atomic E-state index is 0.0380. The van der Waals surface area contributed by atoms with Crippen LogP contribution in [0.25, 0.3) is 0 Å². The van der Waals surface area contributed by atoms with E-state index in [0.717, 1.165) is 11.1 Å². The van der Waals surface area contributed by atoms with Crippen LogP contribution < -0.4 is 20.9 Å². The van der Waals surface area contributed by atoms with Gasteiger partial charge in [-0.25, -0.2) is 0 Å². The Morgan fingerprint density at radius 3 is 2.10 bits per heavy atom. The zero-order chi connectivity index (χ0) is 21.3. The molecule has 6 nitrogen and oxygen atoms in total. The van der Waals surface area contributed by atoms with Crippen LogP contribution in [0.2, 0.25) is 0 Å². The number of hydrazine groups is 1. The summed E-state index contributed by atoms with van der Waals surface area (Å²) in [6.07, 6.45) is 0. The number of amides is 2. The molecule has 0 radical (unpaired) electrons. The predicted molar refractivity (Wildman–Crippen MR) is 116 cm³/mol. The van der Waals surface area contributed by atoms with Gasteiger partial charge >= 0.3 is 0 Å². The van der Waals surface area contributed by atoms with Gasteiger partial charge < -0.3 is 4.74 Å². The molecule has 0 bridgehead atoms. The summed E-state index contributed by atoms with van der Waals surface area (Å²) in [5.41, 5.74) is 8.57. The van der Waals surface area contributed by atoms with Crippen molar-refractivity contribution in [1.29, 1.82) is 0 Å². The summed E-state index contributed by atoms with van der Waals surface area (Å²) in [4.78, 5) is 24.5. The molecule has 0 aliphatic rings. The average molecular weight is 403 g/mol. The largest absolute Gasteiger partial charge is 0.497 e. The molecule has 0 spiro atoms. The SMILES string of the molecule is COc1ccc(C(=O)NNC(=O)CN[C@@H](c2ccccc2)c2ccc(C)cc2)cc1. The van der Waals surface area contributed by atoms with Crippen LogP contribution in [-0.4, -0.2) is 25.5 Å². The molecule has 1 atom stereocenters. The molecule has 154 valence electrons. The molecule has 3 aromatic carbocycles. The number of ether oxygens (including phenoxy) is 1. The number of nitrogens with one attached hydrogen (secondary N) is 3. The van der Waals surface area contributed by atoms with Gasteiger partial charge in [-0.3, -0.25) is 25.8 Å². The van der Waals surface area contributed by atoms with Crippen molar-refractivity contribution in [2.24, 2.45) is 0 Å². The smallest absolute Gasteiger partial charge is 0.269 e. The lowest BCUT2D eigenvalue weighted by atomic mass is 9.98. The third-order valence-corrected chi connectivity index (χ3v) is 4.68. The van der Waals surface area contributed by atoms with Crippen molar-refractivity contribution in [2.45, 2.75) is 13.0 Å². The maximum absolute atomic E-state index is 12.3. The molecule has 3 rings (SSSR count). The van der Waals surface area contributed by atoms with Crippen molar-refractivity contribution in [3.8, 4) is 5.75 Å².